The number of aryl methyl sites for hydroxylation is 1. The minimum Gasteiger partial charge on any atom is -0.381 e. The number of piperazine rings is 1. The van der Waals surface area contributed by atoms with Crippen LogP contribution < -0.4 is 4.90 Å². The molecule has 4 nitrogen and oxygen atoms in total. The highest BCUT2D eigenvalue weighted by molar-refractivity contribution is 5.53. The zero-order valence-electron chi connectivity index (χ0n) is 14.9. The second kappa shape index (κ2) is 7.03. The van der Waals surface area contributed by atoms with Crippen molar-refractivity contribution in [3.8, 4) is 0 Å². The van der Waals surface area contributed by atoms with Crippen molar-refractivity contribution < 1.29 is 9.47 Å². The highest BCUT2D eigenvalue weighted by Crippen LogP contribution is 2.36. The molecule has 1 spiro atoms. The molecular formula is C20H30N2O2. The van der Waals surface area contributed by atoms with Gasteiger partial charge in [0, 0.05) is 57.7 Å². The van der Waals surface area contributed by atoms with Crippen molar-refractivity contribution >= 4 is 5.69 Å². The maximum atomic E-state index is 6.22. The second-order valence-electron chi connectivity index (χ2n) is 7.60. The zero-order valence-corrected chi connectivity index (χ0v) is 14.9. The first-order chi connectivity index (χ1) is 11.8. The van der Waals surface area contributed by atoms with Crippen molar-refractivity contribution in [2.45, 2.75) is 44.2 Å². The predicted molar refractivity (Wildman–Crippen MR) is 96.7 cm³/mol. The molecule has 1 aromatic rings. The summed E-state index contributed by atoms with van der Waals surface area (Å²) in [7, 11) is 0. The fourth-order valence-electron chi connectivity index (χ4n) is 4.65. The molecule has 24 heavy (non-hydrogen) atoms. The number of benzene rings is 1. The Balaban J connectivity index is 1.36. The number of nitrogens with zero attached hydrogens (tertiary/aromatic N) is 2. The van der Waals surface area contributed by atoms with Crippen LogP contribution in [0.1, 0.15) is 31.2 Å². The standard InChI is InChI=1S/C20H30N2O2/c1-17-4-2-3-5-19(17)22-11-9-21(10-12-22)18-6-13-24-20(16-18)7-14-23-15-8-20/h2-5,18H,6-16H2,1H3/t18-/m0/s1. The van der Waals surface area contributed by atoms with Gasteiger partial charge in [-0.05, 0) is 44.2 Å². The highest BCUT2D eigenvalue weighted by Gasteiger charge is 2.41. The van der Waals surface area contributed by atoms with Crippen LogP contribution in [0.15, 0.2) is 24.3 Å². The van der Waals surface area contributed by atoms with E-state index in [4.69, 9.17) is 9.47 Å². The molecule has 3 fully saturated rings. The lowest BCUT2D eigenvalue weighted by Gasteiger charge is -2.48. The van der Waals surface area contributed by atoms with Crippen LogP contribution in [0.3, 0.4) is 0 Å². The van der Waals surface area contributed by atoms with Crippen LogP contribution in [-0.4, -0.2) is 62.5 Å². The lowest BCUT2D eigenvalue weighted by molar-refractivity contribution is -0.151. The van der Waals surface area contributed by atoms with Crippen LogP contribution in [0.25, 0.3) is 0 Å². The van der Waals surface area contributed by atoms with Gasteiger partial charge in [0.2, 0.25) is 0 Å². The molecule has 0 aliphatic carbocycles. The summed E-state index contributed by atoms with van der Waals surface area (Å²) in [6.07, 6.45) is 4.53. The molecule has 4 heteroatoms. The lowest BCUT2D eigenvalue weighted by atomic mass is 9.83. The van der Waals surface area contributed by atoms with E-state index in [2.05, 4.69) is 41.0 Å². The molecule has 3 aliphatic heterocycles. The number of ether oxygens (including phenoxy) is 2. The summed E-state index contributed by atoms with van der Waals surface area (Å²) in [4.78, 5) is 5.27. The van der Waals surface area contributed by atoms with Crippen LogP contribution in [0.4, 0.5) is 5.69 Å². The van der Waals surface area contributed by atoms with E-state index in [1.807, 2.05) is 0 Å². The van der Waals surface area contributed by atoms with Crippen molar-refractivity contribution in [2.24, 2.45) is 0 Å². The Morgan fingerprint density at radius 2 is 1.75 bits per heavy atom. The molecule has 0 unspecified atom stereocenters. The Hall–Kier alpha value is -1.10. The van der Waals surface area contributed by atoms with Crippen molar-refractivity contribution in [1.29, 1.82) is 0 Å². The number of hydrogen-bond donors (Lipinski definition) is 0. The minimum atomic E-state index is 0.105. The Labute approximate surface area is 145 Å². The largest absolute Gasteiger partial charge is 0.381 e. The molecule has 4 rings (SSSR count). The van der Waals surface area contributed by atoms with Crippen LogP contribution >= 0.6 is 0 Å². The highest BCUT2D eigenvalue weighted by atomic mass is 16.5. The Kier molecular flexibility index (Phi) is 4.79. The molecule has 0 amide bonds. The summed E-state index contributed by atoms with van der Waals surface area (Å²) >= 11 is 0. The zero-order chi connectivity index (χ0) is 16.4. The van der Waals surface area contributed by atoms with E-state index in [1.54, 1.807) is 0 Å². The van der Waals surface area contributed by atoms with E-state index >= 15 is 0 Å². The molecule has 132 valence electrons. The van der Waals surface area contributed by atoms with E-state index in [0.717, 1.165) is 45.8 Å². The maximum Gasteiger partial charge on any atom is 0.0741 e. The summed E-state index contributed by atoms with van der Waals surface area (Å²) in [5.41, 5.74) is 2.90. The normalized spacial score (nSPS) is 28.2. The smallest absolute Gasteiger partial charge is 0.0741 e. The number of anilines is 1. The first-order valence-corrected chi connectivity index (χ1v) is 9.52. The van der Waals surface area contributed by atoms with Crippen LogP contribution in [0.2, 0.25) is 0 Å². The average molecular weight is 330 g/mol. The minimum absolute atomic E-state index is 0.105. The lowest BCUT2D eigenvalue weighted by Crippen LogP contribution is -2.56. The van der Waals surface area contributed by atoms with Crippen molar-refractivity contribution in [3.05, 3.63) is 29.8 Å². The van der Waals surface area contributed by atoms with Gasteiger partial charge in [0.1, 0.15) is 0 Å². The number of para-hydroxylation sites is 1. The summed E-state index contributed by atoms with van der Waals surface area (Å²) in [5, 5.41) is 0. The van der Waals surface area contributed by atoms with Gasteiger partial charge in [-0.25, -0.2) is 0 Å². The number of rotatable bonds is 2. The summed E-state index contributed by atoms with van der Waals surface area (Å²) in [6, 6.07) is 9.45. The fraction of sp³-hybridized carbons (Fsp3) is 0.700. The molecule has 0 N–H and O–H groups in total. The first-order valence-electron chi connectivity index (χ1n) is 9.52. The Bertz CT molecular complexity index is 543. The van der Waals surface area contributed by atoms with Gasteiger partial charge in [-0.15, -0.1) is 0 Å². The summed E-state index contributed by atoms with van der Waals surface area (Å²) in [6.45, 7) is 9.49. The van der Waals surface area contributed by atoms with E-state index < -0.39 is 0 Å². The van der Waals surface area contributed by atoms with Gasteiger partial charge < -0.3 is 14.4 Å². The summed E-state index contributed by atoms with van der Waals surface area (Å²) in [5.74, 6) is 0. The summed E-state index contributed by atoms with van der Waals surface area (Å²) < 4.78 is 11.8. The average Bonchev–Trinajstić information content (AvgIpc) is 2.63. The molecular weight excluding hydrogens is 300 g/mol. The van der Waals surface area contributed by atoms with Gasteiger partial charge in [0.05, 0.1) is 5.60 Å². The molecule has 1 atom stereocenters. The number of hydrogen-bond acceptors (Lipinski definition) is 4. The van der Waals surface area contributed by atoms with Crippen molar-refractivity contribution in [2.75, 3.05) is 50.9 Å². The Morgan fingerprint density at radius 3 is 2.50 bits per heavy atom. The quantitative estimate of drug-likeness (QED) is 0.832. The van der Waals surface area contributed by atoms with Gasteiger partial charge >= 0.3 is 0 Å². The van der Waals surface area contributed by atoms with Crippen LogP contribution in [0, 0.1) is 6.92 Å². The molecule has 0 bridgehead atoms. The van der Waals surface area contributed by atoms with E-state index in [1.165, 1.54) is 37.2 Å². The van der Waals surface area contributed by atoms with E-state index in [9.17, 15) is 0 Å². The third-order valence-electron chi connectivity index (χ3n) is 6.16. The Morgan fingerprint density at radius 1 is 1.00 bits per heavy atom. The van der Waals surface area contributed by atoms with Crippen LogP contribution in [-0.2, 0) is 9.47 Å². The van der Waals surface area contributed by atoms with E-state index in [0.29, 0.717) is 6.04 Å². The SMILES string of the molecule is Cc1ccccc1N1CCN([C@H]2CCOC3(CCOCC3)C2)CC1. The molecule has 3 aliphatic rings. The van der Waals surface area contributed by atoms with Crippen molar-refractivity contribution in [3.63, 3.8) is 0 Å². The van der Waals surface area contributed by atoms with E-state index in [-0.39, 0.29) is 5.60 Å². The second-order valence-corrected chi connectivity index (χ2v) is 7.60. The maximum absolute atomic E-state index is 6.22. The third kappa shape index (κ3) is 3.32. The molecule has 1 aromatic carbocycles. The third-order valence-corrected chi connectivity index (χ3v) is 6.16. The molecule has 0 radical (unpaired) electrons. The first kappa shape index (κ1) is 16.4. The van der Waals surface area contributed by atoms with Gasteiger partial charge in [-0.1, -0.05) is 18.2 Å². The predicted octanol–water partition coefficient (Wildman–Crippen LogP) is 2.85. The van der Waals surface area contributed by atoms with Gasteiger partial charge in [0.25, 0.3) is 0 Å². The van der Waals surface area contributed by atoms with Crippen LogP contribution in [0.5, 0.6) is 0 Å². The van der Waals surface area contributed by atoms with Crippen molar-refractivity contribution in [1.82, 2.24) is 4.90 Å². The molecule has 3 saturated heterocycles. The molecule has 0 saturated carbocycles. The fourth-order valence-corrected chi connectivity index (χ4v) is 4.65. The molecule has 3 heterocycles. The van der Waals surface area contributed by atoms with Gasteiger partial charge in [-0.2, -0.15) is 0 Å². The van der Waals surface area contributed by atoms with Gasteiger partial charge in [-0.3, -0.25) is 4.90 Å². The monoisotopic (exact) mass is 330 g/mol. The topological polar surface area (TPSA) is 24.9 Å². The molecule has 0 aromatic heterocycles. The van der Waals surface area contributed by atoms with Gasteiger partial charge in [0.15, 0.2) is 0 Å².